The number of hydrogen-bond acceptors (Lipinski definition) is 6. The van der Waals surface area contributed by atoms with E-state index in [1.807, 2.05) is 0 Å². The summed E-state index contributed by atoms with van der Waals surface area (Å²) in [5.74, 6) is 0. The predicted octanol–water partition coefficient (Wildman–Crippen LogP) is 2.04. The summed E-state index contributed by atoms with van der Waals surface area (Å²) >= 11 is 0. The van der Waals surface area contributed by atoms with Crippen LogP contribution in [0.4, 0.5) is 0 Å². The molecule has 0 saturated heterocycles. The molecule has 0 spiro atoms. The average Bonchev–Trinajstić information content (AvgIpc) is 2.39. The van der Waals surface area contributed by atoms with Gasteiger partial charge in [-0.15, -0.1) is 0 Å². The van der Waals surface area contributed by atoms with E-state index in [1.165, 1.54) is 0 Å². The zero-order valence-electron chi connectivity index (χ0n) is 11.5. The van der Waals surface area contributed by atoms with Gasteiger partial charge < -0.3 is 18.8 Å². The van der Waals surface area contributed by atoms with Crippen LogP contribution in [0, 0.1) is 0 Å². The van der Waals surface area contributed by atoms with Gasteiger partial charge in [-0.25, -0.2) is 0 Å². The van der Waals surface area contributed by atoms with E-state index in [4.69, 9.17) is 9.79 Å². The number of rotatable bonds is 11. The van der Waals surface area contributed by atoms with E-state index >= 15 is 0 Å². The Morgan fingerprint density at radius 1 is 0.850 bits per heavy atom. The third-order valence-corrected chi connectivity index (χ3v) is 5.31. The molecule has 0 saturated carbocycles. The van der Waals surface area contributed by atoms with Gasteiger partial charge in [-0.05, 0) is 12.8 Å². The normalized spacial score (nSPS) is 12.4. The smallest absolute Gasteiger partial charge is 0.319 e. The topological polar surface area (TPSA) is 127 Å². The molecule has 0 rings (SSSR count). The maximum atomic E-state index is 11.6. The van der Waals surface area contributed by atoms with Crippen molar-refractivity contribution in [2.24, 2.45) is 0 Å². The van der Waals surface area contributed by atoms with Crippen molar-refractivity contribution in [2.75, 3.05) is 14.2 Å². The maximum absolute atomic E-state index is 11.6. The van der Waals surface area contributed by atoms with Gasteiger partial charge in [-0.3, -0.25) is 18.7 Å². The molecule has 20 heavy (non-hydrogen) atoms. The fraction of sp³-hybridized carbons (Fsp3) is 0.800. The zero-order valence-corrected chi connectivity index (χ0v) is 13.3. The maximum Gasteiger partial charge on any atom is 0.396 e. The molecule has 0 radical (unpaired) electrons. The van der Waals surface area contributed by atoms with Gasteiger partial charge in [0, 0.05) is 27.1 Å². The van der Waals surface area contributed by atoms with Crippen LogP contribution in [0.15, 0.2) is 0 Å². The Labute approximate surface area is 117 Å². The van der Waals surface area contributed by atoms with Gasteiger partial charge in [0.25, 0.3) is 0 Å². The van der Waals surface area contributed by atoms with Crippen LogP contribution in [0.1, 0.15) is 38.5 Å². The summed E-state index contributed by atoms with van der Waals surface area (Å²) in [5.41, 5.74) is -1.68. The first-order chi connectivity index (χ1) is 9.17. The molecule has 0 bridgehead atoms. The van der Waals surface area contributed by atoms with Crippen LogP contribution in [0.3, 0.4) is 0 Å². The van der Waals surface area contributed by atoms with Crippen LogP contribution in [0.5, 0.6) is 0 Å². The first kappa shape index (κ1) is 19.6. The highest BCUT2D eigenvalue weighted by Crippen LogP contribution is 2.48. The van der Waals surface area contributed by atoms with Crippen LogP contribution in [-0.4, -0.2) is 35.1 Å². The summed E-state index contributed by atoms with van der Waals surface area (Å²) in [6.45, 7) is 0. The predicted molar refractivity (Wildman–Crippen MR) is 71.4 cm³/mol. The highest BCUT2D eigenvalue weighted by molar-refractivity contribution is 7.71. The van der Waals surface area contributed by atoms with Crippen molar-refractivity contribution in [3.05, 3.63) is 0 Å². The van der Waals surface area contributed by atoms with Crippen LogP contribution in [-0.2, 0) is 27.8 Å². The molecular formula is C10H20O8P2. The molecule has 0 aromatic heterocycles. The summed E-state index contributed by atoms with van der Waals surface area (Å²) in [7, 11) is -6.01. The largest absolute Gasteiger partial charge is 0.396 e. The average molecular weight is 330 g/mol. The first-order valence-electron chi connectivity index (χ1n) is 6.01. The standard InChI is InChI=1S/C10H20O8P2/c1-17-20(16,18-2)10(12)8-6-4-3-5-7-9(11)19(13,14)15/h3-8H2,1-2H3,(H2,13,14,15). The number of unbranched alkanes of at least 4 members (excludes halogenated alkanes) is 3. The molecule has 0 atom stereocenters. The van der Waals surface area contributed by atoms with Crippen molar-refractivity contribution < 1.29 is 37.6 Å². The molecule has 0 aliphatic rings. The number of carbonyl (C=O) groups excluding carboxylic acids is 2. The molecule has 118 valence electrons. The Hall–Kier alpha value is -0.360. The van der Waals surface area contributed by atoms with E-state index in [2.05, 4.69) is 9.05 Å². The lowest BCUT2D eigenvalue weighted by Crippen LogP contribution is -2.03. The Morgan fingerprint density at radius 2 is 1.25 bits per heavy atom. The van der Waals surface area contributed by atoms with Gasteiger partial charge in [0.2, 0.25) is 11.0 Å². The Kier molecular flexibility index (Phi) is 8.66. The molecule has 8 nitrogen and oxygen atoms in total. The lowest BCUT2D eigenvalue weighted by atomic mass is 10.1. The molecule has 0 fully saturated rings. The second kappa shape index (κ2) is 8.82. The minimum Gasteiger partial charge on any atom is -0.319 e. The minimum absolute atomic E-state index is 0.0331. The van der Waals surface area contributed by atoms with E-state index in [9.17, 15) is 18.7 Å². The SMILES string of the molecule is COP(=O)(OC)C(=O)CCCCCCC(=O)P(=O)(O)O. The number of carbonyl (C=O) groups is 2. The Balaban J connectivity index is 3.84. The van der Waals surface area contributed by atoms with Crippen molar-refractivity contribution in [3.63, 3.8) is 0 Å². The van der Waals surface area contributed by atoms with Crippen molar-refractivity contribution in [1.82, 2.24) is 0 Å². The molecule has 0 aliphatic heterocycles. The van der Waals surface area contributed by atoms with Gasteiger partial charge in [0.1, 0.15) is 0 Å². The van der Waals surface area contributed by atoms with Crippen molar-refractivity contribution in [3.8, 4) is 0 Å². The van der Waals surface area contributed by atoms with Crippen molar-refractivity contribution in [2.45, 2.75) is 38.5 Å². The molecule has 0 heterocycles. The van der Waals surface area contributed by atoms with Crippen molar-refractivity contribution in [1.29, 1.82) is 0 Å². The van der Waals surface area contributed by atoms with E-state index in [0.29, 0.717) is 25.7 Å². The fourth-order valence-corrected chi connectivity index (χ4v) is 2.90. The molecule has 0 aromatic rings. The van der Waals surface area contributed by atoms with E-state index in [0.717, 1.165) is 14.2 Å². The summed E-state index contributed by atoms with van der Waals surface area (Å²) in [6.07, 6.45) is 1.75. The molecule has 0 aliphatic carbocycles. The summed E-state index contributed by atoms with van der Waals surface area (Å²) in [6, 6.07) is 0. The third-order valence-electron chi connectivity index (χ3n) is 2.64. The van der Waals surface area contributed by atoms with Gasteiger partial charge in [-0.1, -0.05) is 12.8 Å². The molecule has 10 heteroatoms. The van der Waals surface area contributed by atoms with Crippen molar-refractivity contribution >= 4 is 26.2 Å². The van der Waals surface area contributed by atoms with Gasteiger partial charge >= 0.3 is 15.2 Å². The number of hydrogen-bond donors (Lipinski definition) is 2. The van der Waals surface area contributed by atoms with Crippen LogP contribution in [0.2, 0.25) is 0 Å². The lowest BCUT2D eigenvalue weighted by Gasteiger charge is -2.11. The second-order valence-corrected chi connectivity index (χ2v) is 7.92. The lowest BCUT2D eigenvalue weighted by molar-refractivity contribution is -0.114. The van der Waals surface area contributed by atoms with E-state index < -0.39 is 26.2 Å². The monoisotopic (exact) mass is 330 g/mol. The molecule has 0 amide bonds. The highest BCUT2D eigenvalue weighted by atomic mass is 31.2. The zero-order chi connectivity index (χ0) is 15.8. The van der Waals surface area contributed by atoms with Crippen LogP contribution in [0.25, 0.3) is 0 Å². The summed E-state index contributed by atoms with van der Waals surface area (Å²) < 4.78 is 31.3. The molecule has 0 aromatic carbocycles. The third kappa shape index (κ3) is 6.88. The van der Waals surface area contributed by atoms with Crippen LogP contribution >= 0.6 is 15.2 Å². The second-order valence-electron chi connectivity index (χ2n) is 4.11. The highest BCUT2D eigenvalue weighted by Gasteiger charge is 2.31. The van der Waals surface area contributed by atoms with E-state index in [-0.39, 0.29) is 12.8 Å². The quantitative estimate of drug-likeness (QED) is 0.435. The Morgan fingerprint density at radius 3 is 1.60 bits per heavy atom. The van der Waals surface area contributed by atoms with Gasteiger partial charge in [0.15, 0.2) is 0 Å². The minimum atomic E-state index is -4.62. The van der Waals surface area contributed by atoms with Gasteiger partial charge in [-0.2, -0.15) is 0 Å². The molecular weight excluding hydrogens is 310 g/mol. The summed E-state index contributed by atoms with van der Waals surface area (Å²) in [5, 5.41) is 0. The van der Waals surface area contributed by atoms with E-state index in [1.54, 1.807) is 0 Å². The fourth-order valence-electron chi connectivity index (χ4n) is 1.47. The van der Waals surface area contributed by atoms with Crippen LogP contribution < -0.4 is 0 Å². The molecule has 0 unspecified atom stereocenters. The Bertz CT molecular complexity index is 419. The van der Waals surface area contributed by atoms with Gasteiger partial charge in [0.05, 0.1) is 0 Å². The first-order valence-corrected chi connectivity index (χ1v) is 9.16. The molecule has 2 N–H and O–H groups in total. The summed E-state index contributed by atoms with van der Waals surface area (Å²) in [4.78, 5) is 39.6.